The minimum absolute atomic E-state index is 0.0127. The lowest BCUT2D eigenvalue weighted by atomic mass is 10.1. The van der Waals surface area contributed by atoms with Gasteiger partial charge in [0.1, 0.15) is 5.69 Å². The fourth-order valence-electron chi connectivity index (χ4n) is 2.71. The van der Waals surface area contributed by atoms with E-state index in [1.54, 1.807) is 19.0 Å². The predicted octanol–water partition coefficient (Wildman–Crippen LogP) is 4.46. The van der Waals surface area contributed by atoms with E-state index in [0.717, 1.165) is 4.68 Å². The van der Waals surface area contributed by atoms with Gasteiger partial charge in [0.05, 0.1) is 16.8 Å². The van der Waals surface area contributed by atoms with Crippen LogP contribution in [0.4, 0.5) is 26.3 Å². The number of ketones is 1. The normalized spacial score (nSPS) is 12.4. The van der Waals surface area contributed by atoms with Crippen LogP contribution in [0.3, 0.4) is 0 Å². The van der Waals surface area contributed by atoms with Gasteiger partial charge >= 0.3 is 12.4 Å². The molecule has 0 unspecified atom stereocenters. The van der Waals surface area contributed by atoms with Crippen LogP contribution in [0.25, 0.3) is 11.8 Å². The Balaban J connectivity index is 2.24. The third kappa shape index (κ3) is 4.95. The lowest BCUT2D eigenvalue weighted by molar-refractivity contribution is -0.143. The van der Waals surface area contributed by atoms with Gasteiger partial charge in [0.25, 0.3) is 0 Å². The van der Waals surface area contributed by atoms with E-state index in [2.05, 4.69) is 15.3 Å². The van der Waals surface area contributed by atoms with E-state index in [1.165, 1.54) is 36.8 Å². The van der Waals surface area contributed by atoms with Crippen LogP contribution in [0, 0.1) is 0 Å². The van der Waals surface area contributed by atoms with Gasteiger partial charge in [-0.25, -0.2) is 4.68 Å². The van der Waals surface area contributed by atoms with Gasteiger partial charge in [-0.1, -0.05) is 5.21 Å². The van der Waals surface area contributed by atoms with Gasteiger partial charge in [-0.2, -0.15) is 26.3 Å². The van der Waals surface area contributed by atoms with Crippen LogP contribution in [0.15, 0.2) is 48.9 Å². The smallest absolute Gasteiger partial charge is 0.383 e. The topological polar surface area (TPSA) is 63.9 Å². The molecule has 0 amide bonds. The fourth-order valence-corrected chi connectivity index (χ4v) is 2.71. The zero-order valence-corrected chi connectivity index (χ0v) is 16.6. The highest BCUT2D eigenvalue weighted by Crippen LogP contribution is 2.37. The second kappa shape index (κ2) is 8.44. The largest absolute Gasteiger partial charge is 0.416 e. The first-order valence-electron chi connectivity index (χ1n) is 8.93. The highest BCUT2D eigenvalue weighted by atomic mass is 19.4. The van der Waals surface area contributed by atoms with Crippen LogP contribution in [-0.2, 0) is 12.4 Å². The minimum Gasteiger partial charge on any atom is -0.383 e. The summed E-state index contributed by atoms with van der Waals surface area (Å²) in [6.45, 7) is 0. The van der Waals surface area contributed by atoms with Crippen LogP contribution >= 0.6 is 0 Å². The molecule has 2 heterocycles. The van der Waals surface area contributed by atoms with Crippen molar-refractivity contribution in [2.24, 2.45) is 0 Å². The van der Waals surface area contributed by atoms with Crippen molar-refractivity contribution in [1.82, 2.24) is 24.9 Å². The van der Waals surface area contributed by atoms with Crippen molar-refractivity contribution in [2.45, 2.75) is 12.4 Å². The molecule has 1 aromatic carbocycles. The molecule has 0 N–H and O–H groups in total. The zero-order valence-electron chi connectivity index (χ0n) is 16.6. The molecule has 32 heavy (non-hydrogen) atoms. The first kappa shape index (κ1) is 23.0. The summed E-state index contributed by atoms with van der Waals surface area (Å²) in [6.07, 6.45) is -4.58. The maximum absolute atomic E-state index is 13.3. The molecule has 0 atom stereocenters. The lowest BCUT2D eigenvalue weighted by Crippen LogP contribution is -2.13. The van der Waals surface area contributed by atoms with Crippen molar-refractivity contribution in [1.29, 1.82) is 0 Å². The standard InChI is InChI=1S/C20H15F6N5O/c1-30(2)8-5-16-17(18(32)12-3-6-27-7-4-12)28-29-31(16)15-10-13(19(21,22)23)9-14(11-15)20(24,25)26/h3-11H,1-2H3/b8-5+. The minimum atomic E-state index is -5.04. The number of aromatic nitrogens is 4. The number of rotatable bonds is 5. The van der Waals surface area contributed by atoms with E-state index >= 15 is 0 Å². The Labute approximate surface area is 177 Å². The molecule has 0 aliphatic carbocycles. The number of nitrogens with zero attached hydrogens (tertiary/aromatic N) is 5. The summed E-state index contributed by atoms with van der Waals surface area (Å²) >= 11 is 0. The van der Waals surface area contributed by atoms with Crippen molar-refractivity contribution < 1.29 is 31.1 Å². The van der Waals surface area contributed by atoms with E-state index in [0.29, 0.717) is 12.1 Å². The SMILES string of the molecule is CN(C)/C=C/c1c(C(=O)c2ccncc2)nnn1-c1cc(C(F)(F)F)cc(C(F)(F)F)c1. The van der Waals surface area contributed by atoms with Crippen LogP contribution in [-0.4, -0.2) is 44.8 Å². The summed E-state index contributed by atoms with van der Waals surface area (Å²) in [7, 11) is 3.28. The van der Waals surface area contributed by atoms with Gasteiger partial charge in [-0.3, -0.25) is 9.78 Å². The molecule has 0 saturated heterocycles. The Kier molecular flexibility index (Phi) is 6.06. The summed E-state index contributed by atoms with van der Waals surface area (Å²) in [5.74, 6) is -0.625. The molecule has 2 aromatic heterocycles. The first-order chi connectivity index (χ1) is 14.9. The van der Waals surface area contributed by atoms with Crippen LogP contribution in [0.1, 0.15) is 32.9 Å². The van der Waals surface area contributed by atoms with Gasteiger partial charge in [0, 0.05) is 38.3 Å². The maximum atomic E-state index is 13.3. The van der Waals surface area contributed by atoms with Crippen molar-refractivity contribution >= 4 is 11.9 Å². The van der Waals surface area contributed by atoms with Gasteiger partial charge in [-0.05, 0) is 36.4 Å². The number of pyridine rings is 1. The van der Waals surface area contributed by atoms with Crippen molar-refractivity contribution in [2.75, 3.05) is 14.1 Å². The molecule has 6 nitrogen and oxygen atoms in total. The Morgan fingerprint density at radius 1 is 0.969 bits per heavy atom. The van der Waals surface area contributed by atoms with Gasteiger partial charge in [0.2, 0.25) is 5.78 Å². The second-order valence-corrected chi connectivity index (χ2v) is 6.84. The number of hydrogen-bond donors (Lipinski definition) is 0. The third-order valence-electron chi connectivity index (χ3n) is 4.21. The monoisotopic (exact) mass is 455 g/mol. The molecule has 0 bridgehead atoms. The third-order valence-corrected chi connectivity index (χ3v) is 4.21. The van der Waals surface area contributed by atoms with Crippen molar-refractivity contribution in [3.05, 3.63) is 77.0 Å². The molecule has 0 aliphatic rings. The summed E-state index contributed by atoms with van der Waals surface area (Å²) in [6, 6.07) is 3.83. The molecule has 0 aliphatic heterocycles. The summed E-state index contributed by atoms with van der Waals surface area (Å²) in [5.41, 5.74) is -3.74. The highest BCUT2D eigenvalue weighted by molar-refractivity contribution is 6.09. The quantitative estimate of drug-likeness (QED) is 0.420. The number of alkyl halides is 6. The molecule has 0 fully saturated rings. The predicted molar refractivity (Wildman–Crippen MR) is 102 cm³/mol. The fraction of sp³-hybridized carbons (Fsp3) is 0.200. The molecule has 12 heteroatoms. The molecule has 0 spiro atoms. The lowest BCUT2D eigenvalue weighted by Gasteiger charge is -2.15. The van der Waals surface area contributed by atoms with Crippen LogP contribution in [0.2, 0.25) is 0 Å². The number of benzene rings is 1. The van der Waals surface area contributed by atoms with Crippen molar-refractivity contribution in [3.8, 4) is 5.69 Å². The van der Waals surface area contributed by atoms with E-state index in [1.807, 2.05) is 0 Å². The molecule has 0 radical (unpaired) electrons. The molecule has 0 saturated carbocycles. The van der Waals surface area contributed by atoms with E-state index < -0.39 is 35.0 Å². The molecule has 168 valence electrons. The van der Waals surface area contributed by atoms with Crippen LogP contribution in [0.5, 0.6) is 0 Å². The maximum Gasteiger partial charge on any atom is 0.416 e. The Bertz CT molecular complexity index is 1120. The second-order valence-electron chi connectivity index (χ2n) is 6.84. The Hall–Kier alpha value is -3.70. The van der Waals surface area contributed by atoms with Gasteiger partial charge in [0.15, 0.2) is 5.69 Å². The summed E-state index contributed by atoms with van der Waals surface area (Å²) in [5, 5.41) is 7.42. The van der Waals surface area contributed by atoms with Crippen molar-refractivity contribution in [3.63, 3.8) is 0 Å². The Morgan fingerprint density at radius 3 is 2.03 bits per heavy atom. The number of halogens is 6. The number of carbonyl (C=O) groups is 1. The van der Waals surface area contributed by atoms with E-state index in [4.69, 9.17) is 0 Å². The zero-order chi connectivity index (χ0) is 23.7. The average Bonchev–Trinajstić information content (AvgIpc) is 3.14. The van der Waals surface area contributed by atoms with E-state index in [9.17, 15) is 31.1 Å². The number of hydrogen-bond acceptors (Lipinski definition) is 5. The van der Waals surface area contributed by atoms with E-state index in [-0.39, 0.29) is 23.0 Å². The molecule has 3 aromatic rings. The van der Waals surface area contributed by atoms with Gasteiger partial charge in [-0.15, -0.1) is 5.10 Å². The molecular formula is C20H15F6N5O. The molecular weight excluding hydrogens is 440 g/mol. The summed E-state index contributed by atoms with van der Waals surface area (Å²) in [4.78, 5) is 18.2. The summed E-state index contributed by atoms with van der Waals surface area (Å²) < 4.78 is 80.4. The highest BCUT2D eigenvalue weighted by Gasteiger charge is 2.37. The van der Waals surface area contributed by atoms with Crippen LogP contribution < -0.4 is 0 Å². The first-order valence-corrected chi connectivity index (χ1v) is 8.93. The average molecular weight is 455 g/mol. The van der Waals surface area contributed by atoms with Gasteiger partial charge < -0.3 is 4.90 Å². The molecule has 3 rings (SSSR count). The number of carbonyl (C=O) groups excluding carboxylic acids is 1. The Morgan fingerprint density at radius 2 is 1.53 bits per heavy atom.